The average Bonchev–Trinajstić information content (AvgIpc) is 3.64. The minimum atomic E-state index is -1.18. The van der Waals surface area contributed by atoms with E-state index < -0.39 is 24.0 Å². The molecule has 13 heteroatoms. The van der Waals surface area contributed by atoms with Crippen LogP contribution in [0.25, 0.3) is 11.4 Å². The van der Waals surface area contributed by atoms with Crippen molar-refractivity contribution in [2.24, 2.45) is 0 Å². The number of aliphatic hydroxyl groups is 1. The summed E-state index contributed by atoms with van der Waals surface area (Å²) in [5, 5.41) is 10.9. The zero-order valence-corrected chi connectivity index (χ0v) is 24.3. The molecule has 5 rings (SSSR count). The second kappa shape index (κ2) is 13.3. The second-order valence-corrected chi connectivity index (χ2v) is 10.5. The number of amides is 3. The van der Waals surface area contributed by atoms with Gasteiger partial charge in [0.05, 0.1) is 6.61 Å². The highest BCUT2D eigenvalue weighted by Crippen LogP contribution is 2.32. The molecule has 228 valence electrons. The molecule has 0 aliphatic carbocycles. The van der Waals surface area contributed by atoms with Crippen molar-refractivity contribution in [3.05, 3.63) is 59.7 Å². The van der Waals surface area contributed by atoms with Crippen molar-refractivity contribution in [3.8, 4) is 11.4 Å². The van der Waals surface area contributed by atoms with Gasteiger partial charge < -0.3 is 24.6 Å². The summed E-state index contributed by atoms with van der Waals surface area (Å²) >= 11 is 0. The molecule has 2 aromatic heterocycles. The second-order valence-electron chi connectivity index (χ2n) is 10.5. The molecule has 2 N–H and O–H groups in total. The number of pyridine rings is 1. The summed E-state index contributed by atoms with van der Waals surface area (Å²) in [6.45, 7) is 4.42. The Morgan fingerprint density at radius 3 is 2.70 bits per heavy atom. The maximum absolute atomic E-state index is 14.0. The summed E-state index contributed by atoms with van der Waals surface area (Å²) < 4.78 is 19.1. The molecule has 1 atom stereocenters. The first-order valence-corrected chi connectivity index (χ1v) is 14.5. The molecule has 0 spiro atoms. The number of halogens is 1. The first-order valence-electron chi connectivity index (χ1n) is 14.5. The topological polar surface area (TPSA) is 135 Å². The number of likely N-dealkylation sites (tertiary alicyclic amines) is 1. The summed E-state index contributed by atoms with van der Waals surface area (Å²) in [5.74, 6) is -0.119. The Labute approximate surface area is 249 Å². The third-order valence-electron chi connectivity index (χ3n) is 7.59. The van der Waals surface area contributed by atoms with Crippen LogP contribution in [0.15, 0.2) is 42.6 Å². The number of carbonyl (C=O) groups is 3. The Hall–Kier alpha value is -4.36. The van der Waals surface area contributed by atoms with Crippen LogP contribution in [0.5, 0.6) is 0 Å². The minimum absolute atomic E-state index is 0.108. The van der Waals surface area contributed by atoms with E-state index in [0.29, 0.717) is 55.5 Å². The highest BCUT2D eigenvalue weighted by atomic mass is 19.1. The number of ether oxygens (including phenoxy) is 1. The molecule has 1 aromatic carbocycles. The lowest BCUT2D eigenvalue weighted by atomic mass is 10.1. The molecule has 0 bridgehead atoms. The molecule has 0 radical (unpaired) electrons. The zero-order chi connectivity index (χ0) is 30.5. The van der Waals surface area contributed by atoms with Crippen LogP contribution in [-0.2, 0) is 9.53 Å². The number of anilines is 2. The molecule has 3 amide bonds. The Morgan fingerprint density at radius 2 is 2.02 bits per heavy atom. The molecule has 3 aromatic rings. The lowest BCUT2D eigenvalue weighted by Crippen LogP contribution is -2.56. The van der Waals surface area contributed by atoms with Crippen molar-refractivity contribution in [2.75, 3.05) is 56.2 Å². The predicted octanol–water partition coefficient (Wildman–Crippen LogP) is 2.86. The lowest BCUT2D eigenvalue weighted by molar-refractivity contribution is -0.127. The molecule has 2 aliphatic heterocycles. The Balaban J connectivity index is 1.40. The molecule has 1 saturated heterocycles. The number of imidazole rings is 1. The number of aliphatic hydroxyl groups excluding tert-OH is 1. The van der Waals surface area contributed by atoms with Crippen LogP contribution >= 0.6 is 0 Å². The maximum Gasteiger partial charge on any atom is 0.277 e. The van der Waals surface area contributed by atoms with E-state index in [1.807, 2.05) is 6.92 Å². The first kappa shape index (κ1) is 30.1. The van der Waals surface area contributed by atoms with Crippen LogP contribution in [0, 0.1) is 5.82 Å². The Bertz CT molecular complexity index is 1460. The van der Waals surface area contributed by atoms with Crippen molar-refractivity contribution >= 4 is 29.4 Å². The quantitative estimate of drug-likeness (QED) is 0.327. The summed E-state index contributed by atoms with van der Waals surface area (Å²) in [6.07, 6.45) is 2.99. The van der Waals surface area contributed by atoms with Gasteiger partial charge in [0.15, 0.2) is 5.82 Å². The number of H-pyrrole nitrogens is 1. The minimum Gasteiger partial charge on any atom is -0.383 e. The third-order valence-corrected chi connectivity index (χ3v) is 7.59. The van der Waals surface area contributed by atoms with Gasteiger partial charge in [-0.25, -0.2) is 14.4 Å². The molecule has 0 saturated carbocycles. The number of carbonyl (C=O) groups excluding carboxylic acids is 3. The van der Waals surface area contributed by atoms with Gasteiger partial charge in [-0.15, -0.1) is 0 Å². The van der Waals surface area contributed by atoms with Crippen molar-refractivity contribution in [2.45, 2.75) is 39.0 Å². The zero-order valence-electron chi connectivity index (χ0n) is 24.3. The first-order chi connectivity index (χ1) is 20.8. The number of benzene rings is 1. The number of nitrogens with one attached hydrogen (secondary N) is 1. The SMILES string of the molecule is CCCN1c2nc(-c3ccc(N(CCCN4CCCC4=O)C(=O)c4cccc(F)c4)nc3)[nH]c2C(=O)N(CCOC)C1O. The van der Waals surface area contributed by atoms with Crippen LogP contribution < -0.4 is 9.80 Å². The number of hydrogen-bond acceptors (Lipinski definition) is 8. The molecule has 43 heavy (non-hydrogen) atoms. The van der Waals surface area contributed by atoms with E-state index in [4.69, 9.17) is 4.74 Å². The van der Waals surface area contributed by atoms with E-state index in [0.717, 1.165) is 12.8 Å². The van der Waals surface area contributed by atoms with Crippen LogP contribution in [0.2, 0.25) is 0 Å². The number of fused-ring (bicyclic) bond motifs is 1. The van der Waals surface area contributed by atoms with Crippen LogP contribution in [0.4, 0.5) is 16.0 Å². The van der Waals surface area contributed by atoms with Crippen molar-refractivity contribution in [3.63, 3.8) is 0 Å². The normalized spacial score (nSPS) is 16.7. The van der Waals surface area contributed by atoms with Gasteiger partial charge in [0.1, 0.15) is 23.2 Å². The van der Waals surface area contributed by atoms with E-state index in [1.165, 1.54) is 35.1 Å². The van der Waals surface area contributed by atoms with Crippen LogP contribution in [-0.4, -0.2) is 100 Å². The summed E-state index contributed by atoms with van der Waals surface area (Å²) in [6, 6.07) is 8.89. The number of methoxy groups -OCH3 is 1. The molecule has 4 heterocycles. The highest BCUT2D eigenvalue weighted by Gasteiger charge is 2.39. The summed E-state index contributed by atoms with van der Waals surface area (Å²) in [4.78, 5) is 57.3. The lowest BCUT2D eigenvalue weighted by Gasteiger charge is -2.39. The van der Waals surface area contributed by atoms with Gasteiger partial charge in [-0.2, -0.15) is 0 Å². The van der Waals surface area contributed by atoms with Gasteiger partial charge in [0.25, 0.3) is 11.8 Å². The molecule has 2 aliphatic rings. The van der Waals surface area contributed by atoms with E-state index in [9.17, 15) is 23.9 Å². The fourth-order valence-electron chi connectivity index (χ4n) is 5.40. The van der Waals surface area contributed by atoms with Gasteiger partial charge in [-0.1, -0.05) is 13.0 Å². The van der Waals surface area contributed by atoms with Gasteiger partial charge >= 0.3 is 0 Å². The largest absolute Gasteiger partial charge is 0.383 e. The number of nitrogens with zero attached hydrogens (tertiary/aromatic N) is 6. The molecular formula is C30H36FN7O5. The Morgan fingerprint density at radius 1 is 1.19 bits per heavy atom. The molecular weight excluding hydrogens is 557 g/mol. The fourth-order valence-corrected chi connectivity index (χ4v) is 5.40. The number of rotatable bonds is 12. The standard InChI is InChI=1S/C30H36FN7O5/c1-3-12-37-27-25(29(41)38(30(37)42)16-17-43-2)33-26(34-27)21-10-11-23(32-19-21)36(15-6-14-35-13-5-9-24(35)39)28(40)20-7-4-8-22(31)18-20/h4,7-8,10-11,18-19,30,42H,3,5-6,9,12-17H2,1-2H3,(H,33,34). The van der Waals surface area contributed by atoms with Gasteiger partial charge in [0, 0.05) is 63.6 Å². The van der Waals surface area contributed by atoms with E-state index >= 15 is 0 Å². The number of aromatic amines is 1. The smallest absolute Gasteiger partial charge is 0.277 e. The number of hydrogen-bond donors (Lipinski definition) is 2. The summed E-state index contributed by atoms with van der Waals surface area (Å²) in [5.41, 5.74) is 1.02. The number of aromatic nitrogens is 3. The van der Waals surface area contributed by atoms with Crippen molar-refractivity contribution < 1.29 is 28.6 Å². The Kier molecular flexibility index (Phi) is 9.31. The monoisotopic (exact) mass is 593 g/mol. The maximum atomic E-state index is 14.0. The van der Waals surface area contributed by atoms with E-state index in [1.54, 1.807) is 34.2 Å². The van der Waals surface area contributed by atoms with E-state index in [2.05, 4.69) is 15.0 Å². The van der Waals surface area contributed by atoms with E-state index in [-0.39, 0.29) is 36.9 Å². The van der Waals surface area contributed by atoms with Crippen molar-refractivity contribution in [1.29, 1.82) is 0 Å². The van der Waals surface area contributed by atoms with Crippen LogP contribution in [0.3, 0.4) is 0 Å². The van der Waals surface area contributed by atoms with Gasteiger partial charge in [0.2, 0.25) is 12.3 Å². The van der Waals surface area contributed by atoms with Crippen molar-refractivity contribution in [1.82, 2.24) is 24.8 Å². The van der Waals surface area contributed by atoms with Gasteiger partial charge in [-0.05, 0) is 49.6 Å². The predicted molar refractivity (Wildman–Crippen MR) is 157 cm³/mol. The molecule has 1 fully saturated rings. The van der Waals surface area contributed by atoms with Crippen LogP contribution in [0.1, 0.15) is 53.5 Å². The molecule has 1 unspecified atom stereocenters. The average molecular weight is 594 g/mol. The van der Waals surface area contributed by atoms with Gasteiger partial charge in [-0.3, -0.25) is 24.2 Å². The fraction of sp³-hybridized carbons (Fsp3) is 0.433. The molecule has 12 nitrogen and oxygen atoms in total. The summed E-state index contributed by atoms with van der Waals surface area (Å²) in [7, 11) is 1.53. The highest BCUT2D eigenvalue weighted by molar-refractivity contribution is 6.05. The third kappa shape index (κ3) is 6.37.